The van der Waals surface area contributed by atoms with Crippen LogP contribution >= 0.6 is 11.3 Å². The van der Waals surface area contributed by atoms with Crippen LogP contribution in [0.4, 0.5) is 0 Å². The van der Waals surface area contributed by atoms with E-state index in [1.807, 2.05) is 0 Å². The van der Waals surface area contributed by atoms with Gasteiger partial charge in [0.2, 0.25) is 0 Å². The molecule has 1 aromatic heterocycles. The maximum Gasteiger partial charge on any atom is 0.270 e. The fourth-order valence-corrected chi connectivity index (χ4v) is 1.57. The van der Waals surface area contributed by atoms with E-state index in [0.29, 0.717) is 18.8 Å². The molecule has 5 heteroatoms. The predicted octanol–water partition coefficient (Wildman–Crippen LogP) is 1.69. The summed E-state index contributed by atoms with van der Waals surface area (Å²) >= 11 is 1.42. The van der Waals surface area contributed by atoms with Gasteiger partial charge >= 0.3 is 0 Å². The molecule has 1 N–H and O–H groups in total. The van der Waals surface area contributed by atoms with Crippen LogP contribution in [0.2, 0.25) is 0 Å². The first-order valence-corrected chi connectivity index (χ1v) is 6.03. The summed E-state index contributed by atoms with van der Waals surface area (Å²) < 4.78 is 5.29. The Bertz CT molecular complexity index is 275. The molecule has 0 radical (unpaired) electrons. The summed E-state index contributed by atoms with van der Waals surface area (Å²) in [4.78, 5) is 15.3. The molecule has 0 unspecified atom stereocenters. The number of carbonyl (C=O) groups is 1. The summed E-state index contributed by atoms with van der Waals surface area (Å²) in [5.74, 6) is -0.105. The van der Waals surface area contributed by atoms with Crippen molar-refractivity contribution < 1.29 is 9.53 Å². The van der Waals surface area contributed by atoms with E-state index in [2.05, 4.69) is 17.2 Å². The highest BCUT2D eigenvalue weighted by molar-refractivity contribution is 7.07. The van der Waals surface area contributed by atoms with Gasteiger partial charge in [-0.15, -0.1) is 11.3 Å². The van der Waals surface area contributed by atoms with Gasteiger partial charge in [-0.05, 0) is 12.8 Å². The van der Waals surface area contributed by atoms with Gasteiger partial charge in [-0.3, -0.25) is 4.79 Å². The topological polar surface area (TPSA) is 51.2 Å². The Balaban J connectivity index is 2.03. The molecule has 0 saturated heterocycles. The zero-order valence-corrected chi connectivity index (χ0v) is 9.68. The van der Waals surface area contributed by atoms with E-state index < -0.39 is 0 Å². The van der Waals surface area contributed by atoms with Crippen molar-refractivity contribution in [3.8, 4) is 0 Å². The van der Waals surface area contributed by atoms with Crippen LogP contribution in [-0.2, 0) is 4.74 Å². The maximum atomic E-state index is 11.4. The number of nitrogens with one attached hydrogen (secondary N) is 1. The molecule has 1 amide bonds. The second kappa shape index (κ2) is 7.36. The Morgan fingerprint density at radius 2 is 2.47 bits per heavy atom. The van der Waals surface area contributed by atoms with Gasteiger partial charge in [0.1, 0.15) is 5.69 Å². The summed E-state index contributed by atoms with van der Waals surface area (Å²) in [5.41, 5.74) is 2.15. The number of amides is 1. The summed E-state index contributed by atoms with van der Waals surface area (Å²) in [7, 11) is 0. The number of hydrogen-bond acceptors (Lipinski definition) is 4. The lowest BCUT2D eigenvalue weighted by atomic mass is 10.4. The molecule has 15 heavy (non-hydrogen) atoms. The molecule has 0 bridgehead atoms. The van der Waals surface area contributed by atoms with Crippen molar-refractivity contribution in [1.29, 1.82) is 0 Å². The quantitative estimate of drug-likeness (QED) is 0.722. The average molecular weight is 228 g/mol. The number of rotatable bonds is 7. The molecule has 1 rings (SSSR count). The van der Waals surface area contributed by atoms with E-state index >= 15 is 0 Å². The van der Waals surface area contributed by atoms with Crippen molar-refractivity contribution in [2.24, 2.45) is 0 Å². The van der Waals surface area contributed by atoms with E-state index in [9.17, 15) is 4.79 Å². The molecule has 0 saturated carbocycles. The molecule has 0 atom stereocenters. The minimum absolute atomic E-state index is 0.105. The van der Waals surface area contributed by atoms with E-state index in [1.165, 1.54) is 11.3 Å². The Kier molecular flexibility index (Phi) is 5.96. The highest BCUT2D eigenvalue weighted by Gasteiger charge is 2.05. The van der Waals surface area contributed by atoms with Crippen molar-refractivity contribution >= 4 is 17.2 Å². The number of carbonyl (C=O) groups excluding carboxylic acids is 1. The maximum absolute atomic E-state index is 11.4. The van der Waals surface area contributed by atoms with Gasteiger partial charge in [0.25, 0.3) is 5.91 Å². The predicted molar refractivity (Wildman–Crippen MR) is 60.2 cm³/mol. The largest absolute Gasteiger partial charge is 0.381 e. The van der Waals surface area contributed by atoms with E-state index in [4.69, 9.17) is 4.74 Å². The fraction of sp³-hybridized carbons (Fsp3) is 0.600. The molecule has 0 aliphatic carbocycles. The molecule has 1 heterocycles. The third kappa shape index (κ3) is 4.90. The van der Waals surface area contributed by atoms with Crippen LogP contribution in [-0.4, -0.2) is 30.6 Å². The number of aromatic nitrogens is 1. The lowest BCUT2D eigenvalue weighted by molar-refractivity contribution is 0.0937. The molecular formula is C10H16N2O2S. The van der Waals surface area contributed by atoms with Crippen molar-refractivity contribution in [3.05, 3.63) is 16.6 Å². The lowest BCUT2D eigenvalue weighted by Crippen LogP contribution is -2.25. The molecule has 1 aromatic rings. The van der Waals surface area contributed by atoms with Crippen molar-refractivity contribution in [2.75, 3.05) is 19.8 Å². The Morgan fingerprint density at radius 3 is 3.13 bits per heavy atom. The standard InChI is InChI=1S/C10H16N2O2S/c1-2-5-14-6-3-4-11-10(13)9-7-15-8-12-9/h7-8H,2-6H2,1H3,(H,11,13). The van der Waals surface area contributed by atoms with Crippen LogP contribution in [0.15, 0.2) is 10.9 Å². The highest BCUT2D eigenvalue weighted by Crippen LogP contribution is 1.99. The molecule has 0 aliphatic heterocycles. The van der Waals surface area contributed by atoms with E-state index in [1.54, 1.807) is 10.9 Å². The molecule has 84 valence electrons. The Labute approximate surface area is 93.7 Å². The number of nitrogens with zero attached hydrogens (tertiary/aromatic N) is 1. The summed E-state index contributed by atoms with van der Waals surface area (Å²) in [6.45, 7) is 4.20. The van der Waals surface area contributed by atoms with Crippen LogP contribution in [0.3, 0.4) is 0 Å². The van der Waals surface area contributed by atoms with E-state index in [0.717, 1.165) is 19.4 Å². The first-order valence-electron chi connectivity index (χ1n) is 5.08. The second-order valence-electron chi connectivity index (χ2n) is 3.10. The highest BCUT2D eigenvalue weighted by atomic mass is 32.1. The third-order valence-electron chi connectivity index (χ3n) is 1.76. The minimum Gasteiger partial charge on any atom is -0.381 e. The van der Waals surface area contributed by atoms with Gasteiger partial charge in [0.05, 0.1) is 5.51 Å². The van der Waals surface area contributed by atoms with Crippen LogP contribution in [0, 0.1) is 0 Å². The molecular weight excluding hydrogens is 212 g/mol. The van der Waals surface area contributed by atoms with Gasteiger partial charge in [-0.1, -0.05) is 6.92 Å². The van der Waals surface area contributed by atoms with Gasteiger partial charge in [0.15, 0.2) is 0 Å². The Morgan fingerprint density at radius 1 is 1.60 bits per heavy atom. The van der Waals surface area contributed by atoms with Gasteiger partial charge in [-0.25, -0.2) is 4.98 Å². The number of ether oxygens (including phenoxy) is 1. The number of hydrogen-bond donors (Lipinski definition) is 1. The molecule has 0 spiro atoms. The SMILES string of the molecule is CCCOCCCNC(=O)c1cscn1. The Hall–Kier alpha value is -0.940. The minimum atomic E-state index is -0.105. The smallest absolute Gasteiger partial charge is 0.270 e. The van der Waals surface area contributed by atoms with Gasteiger partial charge < -0.3 is 10.1 Å². The third-order valence-corrected chi connectivity index (χ3v) is 2.35. The summed E-state index contributed by atoms with van der Waals surface area (Å²) in [6, 6.07) is 0. The monoisotopic (exact) mass is 228 g/mol. The molecule has 4 nitrogen and oxygen atoms in total. The van der Waals surface area contributed by atoms with Crippen LogP contribution < -0.4 is 5.32 Å². The van der Waals surface area contributed by atoms with Gasteiger partial charge in [0, 0.05) is 25.1 Å². The summed E-state index contributed by atoms with van der Waals surface area (Å²) in [5, 5.41) is 4.53. The van der Waals surface area contributed by atoms with Crippen LogP contribution in [0.1, 0.15) is 30.3 Å². The zero-order valence-electron chi connectivity index (χ0n) is 8.86. The molecule has 0 fully saturated rings. The lowest BCUT2D eigenvalue weighted by Gasteiger charge is -2.03. The van der Waals surface area contributed by atoms with Crippen molar-refractivity contribution in [3.63, 3.8) is 0 Å². The average Bonchev–Trinajstić information content (AvgIpc) is 2.76. The number of thiazole rings is 1. The van der Waals surface area contributed by atoms with Crippen molar-refractivity contribution in [1.82, 2.24) is 10.3 Å². The summed E-state index contributed by atoms with van der Waals surface area (Å²) in [6.07, 6.45) is 1.88. The zero-order chi connectivity index (χ0) is 10.9. The van der Waals surface area contributed by atoms with Gasteiger partial charge in [-0.2, -0.15) is 0 Å². The normalized spacial score (nSPS) is 10.2. The second-order valence-corrected chi connectivity index (χ2v) is 3.81. The van der Waals surface area contributed by atoms with E-state index in [-0.39, 0.29) is 5.91 Å². The van der Waals surface area contributed by atoms with Crippen LogP contribution in [0.5, 0.6) is 0 Å². The molecule has 0 aromatic carbocycles. The van der Waals surface area contributed by atoms with Crippen molar-refractivity contribution in [2.45, 2.75) is 19.8 Å². The molecule has 0 aliphatic rings. The fourth-order valence-electron chi connectivity index (χ4n) is 1.04. The first kappa shape index (κ1) is 12.1. The first-order chi connectivity index (χ1) is 7.34. The van der Waals surface area contributed by atoms with Crippen LogP contribution in [0.25, 0.3) is 0 Å².